The number of anilines is 1. The Kier molecular flexibility index (Phi) is 3.18. The molecule has 5 nitrogen and oxygen atoms in total. The number of benzene rings is 2. The van der Waals surface area contributed by atoms with Gasteiger partial charge in [-0.25, -0.2) is 14.1 Å². The second kappa shape index (κ2) is 4.92. The molecule has 3 rings (SSSR count). The van der Waals surface area contributed by atoms with Crippen molar-refractivity contribution >= 4 is 35.1 Å². The van der Waals surface area contributed by atoms with Gasteiger partial charge >= 0.3 is 5.97 Å². The number of fused-ring (bicyclic) bond motifs is 1. The molecule has 2 aromatic rings. The van der Waals surface area contributed by atoms with Crippen molar-refractivity contribution in [1.82, 2.24) is 0 Å². The monoisotopic (exact) mass is 319 g/mol. The van der Waals surface area contributed by atoms with Crippen LogP contribution in [-0.4, -0.2) is 22.9 Å². The molecular formula is C15H7ClFNO4. The van der Waals surface area contributed by atoms with Crippen LogP contribution in [0.25, 0.3) is 0 Å². The van der Waals surface area contributed by atoms with Gasteiger partial charge in [-0.2, -0.15) is 0 Å². The van der Waals surface area contributed by atoms with Crippen molar-refractivity contribution in [1.29, 1.82) is 0 Å². The van der Waals surface area contributed by atoms with E-state index in [-0.39, 0.29) is 27.4 Å². The van der Waals surface area contributed by atoms with E-state index in [4.69, 9.17) is 16.7 Å². The molecule has 2 aromatic carbocycles. The van der Waals surface area contributed by atoms with E-state index in [9.17, 15) is 18.8 Å². The first kappa shape index (κ1) is 14.2. The van der Waals surface area contributed by atoms with E-state index in [1.807, 2.05) is 0 Å². The predicted molar refractivity (Wildman–Crippen MR) is 76.0 cm³/mol. The fourth-order valence-electron chi connectivity index (χ4n) is 2.23. The van der Waals surface area contributed by atoms with Crippen LogP contribution < -0.4 is 4.90 Å². The normalized spacial score (nSPS) is 13.5. The molecule has 0 saturated carbocycles. The zero-order chi connectivity index (χ0) is 16.0. The molecule has 0 bridgehead atoms. The summed E-state index contributed by atoms with van der Waals surface area (Å²) >= 11 is 5.66. The van der Waals surface area contributed by atoms with Gasteiger partial charge in [-0.15, -0.1) is 0 Å². The van der Waals surface area contributed by atoms with Gasteiger partial charge in [0.2, 0.25) is 0 Å². The first-order valence-corrected chi connectivity index (χ1v) is 6.49. The number of halogens is 2. The molecule has 1 N–H and O–H groups in total. The van der Waals surface area contributed by atoms with Gasteiger partial charge in [-0.05, 0) is 36.4 Å². The molecule has 0 atom stereocenters. The minimum absolute atomic E-state index is 0.00894. The number of hydrogen-bond acceptors (Lipinski definition) is 3. The largest absolute Gasteiger partial charge is 0.478 e. The maximum Gasteiger partial charge on any atom is 0.335 e. The van der Waals surface area contributed by atoms with Crippen LogP contribution in [-0.2, 0) is 0 Å². The van der Waals surface area contributed by atoms with Crippen molar-refractivity contribution in [3.05, 3.63) is 63.9 Å². The Labute approximate surface area is 128 Å². The van der Waals surface area contributed by atoms with Gasteiger partial charge < -0.3 is 5.11 Å². The average molecular weight is 320 g/mol. The van der Waals surface area contributed by atoms with Crippen molar-refractivity contribution in [3.63, 3.8) is 0 Å². The Morgan fingerprint density at radius 1 is 1.05 bits per heavy atom. The number of imide groups is 1. The SMILES string of the molecule is O=C(O)c1ccc2c(c1)C(=O)N(c1ccc(F)c(Cl)c1)C2=O. The van der Waals surface area contributed by atoms with Gasteiger partial charge in [0.1, 0.15) is 5.82 Å². The third kappa shape index (κ3) is 2.05. The highest BCUT2D eigenvalue weighted by atomic mass is 35.5. The lowest BCUT2D eigenvalue weighted by Crippen LogP contribution is -2.29. The molecule has 110 valence electrons. The lowest BCUT2D eigenvalue weighted by Gasteiger charge is -2.14. The third-order valence-electron chi connectivity index (χ3n) is 3.29. The molecule has 1 aliphatic heterocycles. The summed E-state index contributed by atoms with van der Waals surface area (Å²) in [6, 6.07) is 7.13. The fourth-order valence-corrected chi connectivity index (χ4v) is 2.41. The van der Waals surface area contributed by atoms with Crippen molar-refractivity contribution in [2.45, 2.75) is 0 Å². The molecule has 2 amide bonds. The molecule has 0 aromatic heterocycles. The number of carboxylic acid groups (broad SMARTS) is 1. The van der Waals surface area contributed by atoms with Gasteiger partial charge in [-0.1, -0.05) is 11.6 Å². The van der Waals surface area contributed by atoms with Gasteiger partial charge in [0.05, 0.1) is 27.4 Å². The maximum absolute atomic E-state index is 13.2. The third-order valence-corrected chi connectivity index (χ3v) is 3.58. The summed E-state index contributed by atoms with van der Waals surface area (Å²) in [7, 11) is 0. The summed E-state index contributed by atoms with van der Waals surface area (Å²) in [5, 5.41) is 8.73. The van der Waals surface area contributed by atoms with Crippen molar-refractivity contribution in [3.8, 4) is 0 Å². The zero-order valence-corrected chi connectivity index (χ0v) is 11.6. The highest BCUT2D eigenvalue weighted by Crippen LogP contribution is 2.31. The van der Waals surface area contributed by atoms with E-state index < -0.39 is 23.6 Å². The van der Waals surface area contributed by atoms with Crippen molar-refractivity contribution < 1.29 is 23.9 Å². The van der Waals surface area contributed by atoms with E-state index in [1.54, 1.807) is 0 Å². The van der Waals surface area contributed by atoms with Crippen LogP contribution in [0.2, 0.25) is 5.02 Å². The fraction of sp³-hybridized carbons (Fsp3) is 0. The molecular weight excluding hydrogens is 313 g/mol. The summed E-state index contributed by atoms with van der Waals surface area (Å²) in [5.74, 6) is -3.16. The van der Waals surface area contributed by atoms with E-state index in [2.05, 4.69) is 0 Å². The second-order valence-corrected chi connectivity index (χ2v) is 5.02. The van der Waals surface area contributed by atoms with Gasteiger partial charge in [0.15, 0.2) is 0 Å². The van der Waals surface area contributed by atoms with Crippen LogP contribution in [0.1, 0.15) is 31.1 Å². The van der Waals surface area contributed by atoms with Crippen LogP contribution in [0, 0.1) is 5.82 Å². The Balaban J connectivity index is 2.09. The van der Waals surface area contributed by atoms with Gasteiger partial charge in [-0.3, -0.25) is 9.59 Å². The number of amides is 2. The minimum Gasteiger partial charge on any atom is -0.478 e. The number of nitrogens with zero attached hydrogens (tertiary/aromatic N) is 1. The standard InChI is InChI=1S/C15H7ClFNO4/c16-11-6-8(2-4-12(11)17)18-13(19)9-3-1-7(15(21)22)5-10(9)14(18)20/h1-6H,(H,21,22). The number of carboxylic acids is 1. The molecule has 0 aliphatic carbocycles. The maximum atomic E-state index is 13.2. The molecule has 0 radical (unpaired) electrons. The molecule has 0 fully saturated rings. The number of carbonyl (C=O) groups is 3. The molecule has 22 heavy (non-hydrogen) atoms. The Morgan fingerprint density at radius 2 is 1.73 bits per heavy atom. The lowest BCUT2D eigenvalue weighted by molar-refractivity contribution is 0.0696. The van der Waals surface area contributed by atoms with Crippen LogP contribution in [0.4, 0.5) is 10.1 Å². The molecule has 1 heterocycles. The first-order chi connectivity index (χ1) is 10.4. The van der Waals surface area contributed by atoms with Crippen LogP contribution in [0.5, 0.6) is 0 Å². The molecule has 0 saturated heterocycles. The van der Waals surface area contributed by atoms with Crippen molar-refractivity contribution in [2.24, 2.45) is 0 Å². The summed E-state index contributed by atoms with van der Waals surface area (Å²) in [5.41, 5.74) is 0.106. The second-order valence-electron chi connectivity index (χ2n) is 4.61. The predicted octanol–water partition coefficient (Wildman–Crippen LogP) is 2.98. The average Bonchev–Trinajstić information content (AvgIpc) is 2.73. The number of aromatic carboxylic acids is 1. The van der Waals surface area contributed by atoms with E-state index in [0.717, 1.165) is 23.1 Å². The topological polar surface area (TPSA) is 74.7 Å². The van der Waals surface area contributed by atoms with E-state index >= 15 is 0 Å². The Hall–Kier alpha value is -2.73. The Morgan fingerprint density at radius 3 is 2.36 bits per heavy atom. The summed E-state index contributed by atoms with van der Waals surface area (Å²) in [4.78, 5) is 36.4. The summed E-state index contributed by atoms with van der Waals surface area (Å²) in [6.45, 7) is 0. The lowest BCUT2D eigenvalue weighted by atomic mass is 10.1. The van der Waals surface area contributed by atoms with Crippen LogP contribution in [0.3, 0.4) is 0 Å². The highest BCUT2D eigenvalue weighted by molar-refractivity contribution is 6.35. The molecule has 1 aliphatic rings. The van der Waals surface area contributed by atoms with Gasteiger partial charge in [0.25, 0.3) is 11.8 Å². The molecule has 0 unspecified atom stereocenters. The quantitative estimate of drug-likeness (QED) is 0.863. The number of hydrogen-bond donors (Lipinski definition) is 1. The summed E-state index contributed by atoms with van der Waals surface area (Å²) in [6.07, 6.45) is 0. The smallest absolute Gasteiger partial charge is 0.335 e. The molecule has 7 heteroatoms. The van der Waals surface area contributed by atoms with Crippen LogP contribution >= 0.6 is 11.6 Å². The Bertz CT molecular complexity index is 849. The van der Waals surface area contributed by atoms with Crippen molar-refractivity contribution in [2.75, 3.05) is 4.90 Å². The zero-order valence-electron chi connectivity index (χ0n) is 10.8. The molecule has 0 spiro atoms. The number of carbonyl (C=O) groups excluding carboxylic acids is 2. The van der Waals surface area contributed by atoms with E-state index in [1.165, 1.54) is 18.2 Å². The first-order valence-electron chi connectivity index (χ1n) is 6.11. The van der Waals surface area contributed by atoms with E-state index in [0.29, 0.717) is 0 Å². The van der Waals surface area contributed by atoms with Gasteiger partial charge in [0, 0.05) is 0 Å². The summed E-state index contributed by atoms with van der Waals surface area (Å²) < 4.78 is 13.2. The highest BCUT2D eigenvalue weighted by Gasteiger charge is 2.37. The number of rotatable bonds is 2. The minimum atomic E-state index is -1.20. The van der Waals surface area contributed by atoms with Crippen LogP contribution in [0.15, 0.2) is 36.4 Å².